The molecule has 0 aliphatic heterocycles. The van der Waals surface area contributed by atoms with Crippen LogP contribution in [-0.4, -0.2) is 20.6 Å². The standard InChI is InChI=1S/C8H4N4O/c1-2-7-8(13-12-11-7)6-4-10-9-3-5(1)6/h1-4H. The topological polar surface area (TPSA) is 64.7 Å². The second-order valence-corrected chi connectivity index (χ2v) is 2.68. The summed E-state index contributed by atoms with van der Waals surface area (Å²) in [5.41, 5.74) is 1.40. The van der Waals surface area contributed by atoms with Gasteiger partial charge in [-0.3, -0.25) is 0 Å². The van der Waals surface area contributed by atoms with Gasteiger partial charge < -0.3 is 4.52 Å². The molecule has 0 amide bonds. The summed E-state index contributed by atoms with van der Waals surface area (Å²) in [6.07, 6.45) is 3.32. The maximum Gasteiger partial charge on any atom is 0.196 e. The van der Waals surface area contributed by atoms with E-state index in [1.165, 1.54) is 0 Å². The van der Waals surface area contributed by atoms with Gasteiger partial charge in [0.2, 0.25) is 0 Å². The van der Waals surface area contributed by atoms with Crippen LogP contribution in [0.1, 0.15) is 0 Å². The van der Waals surface area contributed by atoms with Crippen LogP contribution in [0.2, 0.25) is 0 Å². The van der Waals surface area contributed by atoms with Crippen molar-refractivity contribution in [3.8, 4) is 0 Å². The van der Waals surface area contributed by atoms with Crippen molar-refractivity contribution in [1.82, 2.24) is 20.6 Å². The second kappa shape index (κ2) is 2.22. The molecule has 0 atom stereocenters. The van der Waals surface area contributed by atoms with Gasteiger partial charge in [-0.25, -0.2) is 0 Å². The van der Waals surface area contributed by atoms with Crippen molar-refractivity contribution in [2.75, 3.05) is 0 Å². The fourth-order valence-corrected chi connectivity index (χ4v) is 1.32. The minimum atomic E-state index is 0.660. The van der Waals surface area contributed by atoms with Gasteiger partial charge in [0.25, 0.3) is 0 Å². The number of nitrogens with zero attached hydrogens (tertiary/aromatic N) is 4. The molecule has 0 unspecified atom stereocenters. The normalized spacial score (nSPS) is 11.1. The Morgan fingerprint density at radius 3 is 3.00 bits per heavy atom. The first-order valence-electron chi connectivity index (χ1n) is 3.76. The Kier molecular flexibility index (Phi) is 1.11. The molecular formula is C8H4N4O. The Hall–Kier alpha value is -2.04. The Labute approximate surface area is 72.4 Å². The molecule has 5 heteroatoms. The quantitative estimate of drug-likeness (QED) is 0.509. The predicted octanol–water partition coefficient (Wildman–Crippen LogP) is 1.17. The van der Waals surface area contributed by atoms with Crippen LogP contribution in [0.5, 0.6) is 0 Å². The zero-order chi connectivity index (χ0) is 8.67. The molecule has 3 aromatic rings. The molecule has 3 rings (SSSR count). The van der Waals surface area contributed by atoms with Crippen LogP contribution >= 0.6 is 0 Å². The number of hydrogen-bond donors (Lipinski definition) is 0. The van der Waals surface area contributed by atoms with E-state index in [-0.39, 0.29) is 0 Å². The molecule has 0 spiro atoms. The number of aromatic nitrogens is 4. The van der Waals surface area contributed by atoms with Crippen LogP contribution in [0.15, 0.2) is 29.0 Å². The number of rotatable bonds is 0. The number of benzene rings is 1. The summed E-state index contributed by atoms with van der Waals surface area (Å²) in [5, 5.41) is 16.7. The zero-order valence-corrected chi connectivity index (χ0v) is 6.51. The third-order valence-electron chi connectivity index (χ3n) is 1.94. The Balaban J connectivity index is 2.65. The monoisotopic (exact) mass is 172 g/mol. The summed E-state index contributed by atoms with van der Waals surface area (Å²) in [4.78, 5) is 0. The van der Waals surface area contributed by atoms with Gasteiger partial charge in [-0.1, -0.05) is 6.07 Å². The molecule has 2 aromatic heterocycles. The largest absolute Gasteiger partial charge is 0.336 e. The lowest BCUT2D eigenvalue weighted by Crippen LogP contribution is -1.80. The Morgan fingerprint density at radius 2 is 2.00 bits per heavy atom. The molecule has 13 heavy (non-hydrogen) atoms. The highest BCUT2D eigenvalue weighted by Crippen LogP contribution is 2.21. The molecule has 5 nitrogen and oxygen atoms in total. The molecule has 62 valence electrons. The molecule has 0 aliphatic carbocycles. The third kappa shape index (κ3) is 0.807. The van der Waals surface area contributed by atoms with E-state index in [2.05, 4.69) is 20.6 Å². The van der Waals surface area contributed by atoms with Crippen molar-refractivity contribution in [3.63, 3.8) is 0 Å². The summed E-state index contributed by atoms with van der Waals surface area (Å²) >= 11 is 0. The lowest BCUT2D eigenvalue weighted by molar-refractivity contribution is 0.426. The van der Waals surface area contributed by atoms with E-state index in [1.807, 2.05) is 12.1 Å². The first-order valence-corrected chi connectivity index (χ1v) is 3.76. The van der Waals surface area contributed by atoms with Gasteiger partial charge in [-0.05, 0) is 6.07 Å². The average Bonchev–Trinajstić information content (AvgIpc) is 2.65. The third-order valence-corrected chi connectivity index (χ3v) is 1.94. The Bertz CT molecular complexity index is 574. The molecule has 2 heterocycles. The van der Waals surface area contributed by atoms with Crippen molar-refractivity contribution < 1.29 is 4.52 Å². The van der Waals surface area contributed by atoms with Gasteiger partial charge in [0, 0.05) is 10.7 Å². The minimum Gasteiger partial charge on any atom is -0.336 e. The highest BCUT2D eigenvalue weighted by molar-refractivity contribution is 6.01. The average molecular weight is 172 g/mol. The summed E-state index contributed by atoms with van der Waals surface area (Å²) in [5.74, 6) is 0. The summed E-state index contributed by atoms with van der Waals surface area (Å²) in [6.45, 7) is 0. The van der Waals surface area contributed by atoms with Crippen molar-refractivity contribution in [2.45, 2.75) is 0 Å². The van der Waals surface area contributed by atoms with Crippen LogP contribution < -0.4 is 0 Å². The smallest absolute Gasteiger partial charge is 0.196 e. The highest BCUT2D eigenvalue weighted by atomic mass is 16.5. The van der Waals surface area contributed by atoms with E-state index >= 15 is 0 Å². The van der Waals surface area contributed by atoms with Crippen LogP contribution in [0.25, 0.3) is 21.9 Å². The molecule has 0 aliphatic rings. The summed E-state index contributed by atoms with van der Waals surface area (Å²) < 4.78 is 5.00. The van der Waals surface area contributed by atoms with Crippen molar-refractivity contribution in [3.05, 3.63) is 24.5 Å². The lowest BCUT2D eigenvalue weighted by atomic mass is 10.2. The summed E-state index contributed by atoms with van der Waals surface area (Å²) in [7, 11) is 0. The lowest BCUT2D eigenvalue weighted by Gasteiger charge is -1.92. The van der Waals surface area contributed by atoms with E-state index in [1.54, 1.807) is 12.4 Å². The summed E-state index contributed by atoms with van der Waals surface area (Å²) in [6, 6.07) is 3.76. The molecular weight excluding hydrogens is 168 g/mol. The van der Waals surface area contributed by atoms with Gasteiger partial charge >= 0.3 is 0 Å². The van der Waals surface area contributed by atoms with E-state index in [9.17, 15) is 0 Å². The molecule has 0 fully saturated rings. The van der Waals surface area contributed by atoms with Crippen LogP contribution in [-0.2, 0) is 0 Å². The molecule has 0 saturated carbocycles. The minimum absolute atomic E-state index is 0.660. The van der Waals surface area contributed by atoms with Gasteiger partial charge in [0.05, 0.1) is 17.8 Å². The number of hydrogen-bond acceptors (Lipinski definition) is 5. The van der Waals surface area contributed by atoms with Gasteiger partial charge in [-0.15, -0.1) is 5.10 Å². The van der Waals surface area contributed by atoms with Crippen molar-refractivity contribution in [2.24, 2.45) is 0 Å². The van der Waals surface area contributed by atoms with Crippen LogP contribution in [0, 0.1) is 0 Å². The van der Waals surface area contributed by atoms with Crippen molar-refractivity contribution in [1.29, 1.82) is 0 Å². The zero-order valence-electron chi connectivity index (χ0n) is 6.51. The highest BCUT2D eigenvalue weighted by Gasteiger charge is 2.05. The molecule has 0 radical (unpaired) electrons. The van der Waals surface area contributed by atoms with Gasteiger partial charge in [0.1, 0.15) is 5.52 Å². The first-order chi connectivity index (χ1) is 6.45. The van der Waals surface area contributed by atoms with Crippen LogP contribution in [0.4, 0.5) is 0 Å². The maximum absolute atomic E-state index is 5.00. The SMILES string of the molecule is c1cc2nnoc2c2cnncc12. The van der Waals surface area contributed by atoms with E-state index in [4.69, 9.17) is 4.52 Å². The fraction of sp³-hybridized carbons (Fsp3) is 0. The number of fused-ring (bicyclic) bond motifs is 3. The van der Waals surface area contributed by atoms with Crippen LogP contribution in [0.3, 0.4) is 0 Å². The maximum atomic E-state index is 5.00. The molecule has 0 N–H and O–H groups in total. The van der Waals surface area contributed by atoms with E-state index in [0.717, 1.165) is 16.3 Å². The van der Waals surface area contributed by atoms with Crippen molar-refractivity contribution >= 4 is 21.9 Å². The molecule has 0 saturated heterocycles. The predicted molar refractivity (Wildman–Crippen MR) is 44.9 cm³/mol. The van der Waals surface area contributed by atoms with Gasteiger partial charge in [0.15, 0.2) is 5.58 Å². The Morgan fingerprint density at radius 1 is 1.08 bits per heavy atom. The fourth-order valence-electron chi connectivity index (χ4n) is 1.32. The molecule has 0 bridgehead atoms. The van der Waals surface area contributed by atoms with E-state index in [0.29, 0.717) is 5.58 Å². The second-order valence-electron chi connectivity index (χ2n) is 2.68. The first kappa shape index (κ1) is 6.47. The van der Waals surface area contributed by atoms with Gasteiger partial charge in [-0.2, -0.15) is 10.2 Å². The van der Waals surface area contributed by atoms with E-state index < -0.39 is 0 Å². The molecule has 1 aromatic carbocycles.